The number of anilines is 2. The highest BCUT2D eigenvalue weighted by Gasteiger charge is 2.53. The quantitative estimate of drug-likeness (QED) is 0.656. The van der Waals surface area contributed by atoms with Gasteiger partial charge >= 0.3 is 0 Å². The number of rotatable bonds is 5. The molecule has 0 unspecified atom stereocenters. The Bertz CT molecular complexity index is 1260. The summed E-state index contributed by atoms with van der Waals surface area (Å²) in [4.78, 5) is 44.4. The molecule has 10 nitrogen and oxygen atoms in total. The van der Waals surface area contributed by atoms with Crippen LogP contribution in [0.25, 0.3) is 0 Å². The molecule has 3 aromatic rings. The van der Waals surface area contributed by atoms with Crippen molar-refractivity contribution in [2.75, 3.05) is 16.8 Å². The molecule has 0 radical (unpaired) electrons. The van der Waals surface area contributed by atoms with Gasteiger partial charge in [0.25, 0.3) is 5.91 Å². The molecule has 3 aliphatic rings. The van der Waals surface area contributed by atoms with Gasteiger partial charge in [0.05, 0.1) is 35.2 Å². The lowest BCUT2D eigenvalue weighted by Gasteiger charge is -2.21. The average molecular weight is 430 g/mol. The minimum Gasteiger partial charge on any atom is -0.318 e. The van der Waals surface area contributed by atoms with E-state index in [-0.39, 0.29) is 29.0 Å². The third kappa shape index (κ3) is 2.89. The van der Waals surface area contributed by atoms with Crippen LogP contribution in [0.15, 0.2) is 31.0 Å². The molecule has 0 spiro atoms. The summed E-state index contributed by atoms with van der Waals surface area (Å²) in [5.74, 6) is 1.19. The minimum absolute atomic E-state index is 0.173. The number of piperidine rings is 1. The second kappa shape index (κ2) is 6.65. The lowest BCUT2D eigenvalue weighted by Crippen LogP contribution is -2.30. The summed E-state index contributed by atoms with van der Waals surface area (Å²) in [6, 6.07) is 0. The number of nitrogens with zero attached hydrogens (tertiary/aromatic N) is 7. The Hall–Kier alpha value is -3.69. The average Bonchev–Trinajstić information content (AvgIpc) is 3.68. The van der Waals surface area contributed by atoms with Crippen LogP contribution in [0.2, 0.25) is 0 Å². The molecule has 4 heterocycles. The van der Waals surface area contributed by atoms with Crippen LogP contribution < -0.4 is 10.2 Å². The van der Waals surface area contributed by atoms with Crippen LogP contribution >= 0.6 is 0 Å². The first kappa shape index (κ1) is 19.0. The van der Waals surface area contributed by atoms with Crippen molar-refractivity contribution in [2.45, 2.75) is 38.6 Å². The maximum Gasteiger partial charge on any atom is 0.276 e. The van der Waals surface area contributed by atoms with Crippen molar-refractivity contribution < 1.29 is 9.59 Å². The molecule has 10 heteroatoms. The van der Waals surface area contributed by atoms with Gasteiger partial charge in [0.2, 0.25) is 5.91 Å². The van der Waals surface area contributed by atoms with E-state index in [2.05, 4.69) is 25.4 Å². The molecule has 162 valence electrons. The first-order valence-electron chi connectivity index (χ1n) is 10.8. The van der Waals surface area contributed by atoms with Crippen molar-refractivity contribution in [2.24, 2.45) is 11.8 Å². The summed E-state index contributed by atoms with van der Waals surface area (Å²) in [5.41, 5.74) is 2.63. The van der Waals surface area contributed by atoms with Gasteiger partial charge in [-0.2, -0.15) is 5.10 Å². The number of hydrogen-bond donors (Lipinski definition) is 1. The number of hydrogen-bond acceptors (Lipinski definition) is 7. The van der Waals surface area contributed by atoms with Crippen LogP contribution in [0.1, 0.15) is 46.8 Å². The van der Waals surface area contributed by atoms with Crippen molar-refractivity contribution in [1.82, 2.24) is 29.7 Å². The van der Waals surface area contributed by atoms with Crippen LogP contribution in [-0.4, -0.2) is 48.1 Å². The maximum absolute atomic E-state index is 12.5. The van der Waals surface area contributed by atoms with E-state index >= 15 is 0 Å². The summed E-state index contributed by atoms with van der Waals surface area (Å²) in [7, 11) is 0. The summed E-state index contributed by atoms with van der Waals surface area (Å²) in [5, 5.41) is 7.32. The molecule has 1 N–H and O–H groups in total. The van der Waals surface area contributed by atoms with Crippen LogP contribution in [0, 0.1) is 25.7 Å². The van der Waals surface area contributed by atoms with Gasteiger partial charge in [0.1, 0.15) is 11.2 Å². The zero-order chi connectivity index (χ0) is 22.0. The SMILES string of the molecule is Cc1nccnc1C(=O)Nc1cnn(C2(c3cnc(N4C[C@H]5C[C@H]5C4=O)c(C)n3)CC2)c1. The van der Waals surface area contributed by atoms with E-state index in [0.29, 0.717) is 23.1 Å². The van der Waals surface area contributed by atoms with E-state index in [1.165, 1.54) is 6.20 Å². The van der Waals surface area contributed by atoms with Crippen molar-refractivity contribution in [3.05, 3.63) is 53.8 Å². The van der Waals surface area contributed by atoms with Gasteiger partial charge in [0.15, 0.2) is 5.82 Å². The molecule has 0 bridgehead atoms. The van der Waals surface area contributed by atoms with E-state index in [9.17, 15) is 9.59 Å². The molecule has 0 aromatic carbocycles. The molecule has 32 heavy (non-hydrogen) atoms. The van der Waals surface area contributed by atoms with E-state index in [1.54, 1.807) is 36.6 Å². The van der Waals surface area contributed by atoms with Crippen molar-refractivity contribution in [1.29, 1.82) is 0 Å². The highest BCUT2D eigenvalue weighted by molar-refractivity contribution is 6.03. The zero-order valence-electron chi connectivity index (χ0n) is 17.8. The molecule has 2 atom stereocenters. The van der Waals surface area contributed by atoms with Crippen molar-refractivity contribution in [3.8, 4) is 0 Å². The molecule has 2 saturated carbocycles. The Morgan fingerprint density at radius 3 is 2.62 bits per heavy atom. The topological polar surface area (TPSA) is 119 Å². The number of fused-ring (bicyclic) bond motifs is 1. The predicted molar refractivity (Wildman–Crippen MR) is 114 cm³/mol. The molecule has 2 aliphatic carbocycles. The van der Waals surface area contributed by atoms with Crippen LogP contribution in [0.5, 0.6) is 0 Å². The minimum atomic E-state index is -0.376. The number of nitrogens with one attached hydrogen (secondary N) is 1. The third-order valence-corrected chi connectivity index (χ3v) is 6.68. The fourth-order valence-corrected chi connectivity index (χ4v) is 4.60. The molecule has 3 aromatic heterocycles. The van der Waals surface area contributed by atoms with E-state index < -0.39 is 0 Å². The number of carbonyl (C=O) groups excluding carboxylic acids is 2. The summed E-state index contributed by atoms with van der Waals surface area (Å²) >= 11 is 0. The third-order valence-electron chi connectivity index (χ3n) is 6.68. The Morgan fingerprint density at radius 2 is 1.94 bits per heavy atom. The Labute approximate surface area is 184 Å². The zero-order valence-corrected chi connectivity index (χ0v) is 17.8. The van der Waals surface area contributed by atoms with Crippen molar-refractivity contribution >= 4 is 23.3 Å². The van der Waals surface area contributed by atoms with Gasteiger partial charge in [-0.25, -0.2) is 9.97 Å². The highest BCUT2D eigenvalue weighted by atomic mass is 16.2. The predicted octanol–water partition coefficient (Wildman–Crippen LogP) is 1.85. The fraction of sp³-hybridized carbons (Fsp3) is 0.409. The van der Waals surface area contributed by atoms with Crippen LogP contribution in [0.3, 0.4) is 0 Å². The Kier molecular flexibility index (Phi) is 3.96. The Morgan fingerprint density at radius 1 is 1.12 bits per heavy atom. The first-order chi connectivity index (χ1) is 15.5. The van der Waals surface area contributed by atoms with Gasteiger partial charge in [-0.3, -0.25) is 29.1 Å². The highest BCUT2D eigenvalue weighted by Crippen LogP contribution is 2.50. The maximum atomic E-state index is 12.5. The summed E-state index contributed by atoms with van der Waals surface area (Å²) in [6.45, 7) is 4.39. The lowest BCUT2D eigenvalue weighted by atomic mass is 10.2. The van der Waals surface area contributed by atoms with Crippen LogP contribution in [0.4, 0.5) is 11.5 Å². The van der Waals surface area contributed by atoms with E-state index in [1.807, 2.05) is 11.6 Å². The lowest BCUT2D eigenvalue weighted by molar-refractivity contribution is -0.118. The first-order valence-corrected chi connectivity index (χ1v) is 10.8. The number of aryl methyl sites for hydroxylation is 2. The van der Waals surface area contributed by atoms with E-state index in [0.717, 1.165) is 37.2 Å². The molecule has 1 aliphatic heterocycles. The van der Waals surface area contributed by atoms with Gasteiger partial charge < -0.3 is 5.32 Å². The molecule has 3 fully saturated rings. The summed E-state index contributed by atoms with van der Waals surface area (Å²) < 4.78 is 1.84. The number of aromatic nitrogens is 6. The number of amides is 2. The molecule has 1 saturated heterocycles. The molecular weight excluding hydrogens is 408 g/mol. The van der Waals surface area contributed by atoms with Gasteiger partial charge in [-0.15, -0.1) is 0 Å². The molecule has 2 amide bonds. The normalized spacial score (nSPS) is 22.6. The monoisotopic (exact) mass is 430 g/mol. The number of carbonyl (C=O) groups is 2. The fourth-order valence-electron chi connectivity index (χ4n) is 4.60. The Balaban J connectivity index is 1.23. The second-order valence-corrected chi connectivity index (χ2v) is 8.87. The smallest absolute Gasteiger partial charge is 0.276 e. The van der Waals surface area contributed by atoms with Gasteiger partial charge in [0, 0.05) is 31.1 Å². The largest absolute Gasteiger partial charge is 0.318 e. The standard InChI is InChI=1S/C22H22N8O2/c1-12-18(24-6-5-23-12)20(31)28-15-8-26-30(11-15)22(3-4-22)17-9-25-19(13(2)27-17)29-10-14-7-16(14)21(29)32/h5-6,8-9,11,14,16H,3-4,7,10H2,1-2H3,(H,28,31)/t14-,16-/m1/s1. The second-order valence-electron chi connectivity index (χ2n) is 8.87. The molecular formula is C22H22N8O2. The van der Waals surface area contributed by atoms with Gasteiger partial charge in [-0.1, -0.05) is 0 Å². The summed E-state index contributed by atoms with van der Waals surface area (Å²) in [6.07, 6.45) is 11.0. The van der Waals surface area contributed by atoms with Gasteiger partial charge in [-0.05, 0) is 39.0 Å². The molecule has 6 rings (SSSR count). The van der Waals surface area contributed by atoms with E-state index in [4.69, 9.17) is 4.98 Å². The van der Waals surface area contributed by atoms with Crippen molar-refractivity contribution in [3.63, 3.8) is 0 Å². The van der Waals surface area contributed by atoms with Crippen LogP contribution in [-0.2, 0) is 10.3 Å².